The lowest BCUT2D eigenvalue weighted by atomic mass is 10.0. The summed E-state index contributed by atoms with van der Waals surface area (Å²) in [5.41, 5.74) is 8.03. The summed E-state index contributed by atoms with van der Waals surface area (Å²) in [5.74, 6) is 0. The zero-order valence-electron chi connectivity index (χ0n) is 14.9. The molecular formula is C22H21N3O. The van der Waals surface area contributed by atoms with E-state index in [9.17, 15) is 4.79 Å². The summed E-state index contributed by atoms with van der Waals surface area (Å²) in [6.45, 7) is 3.93. The molecule has 26 heavy (non-hydrogen) atoms. The van der Waals surface area contributed by atoms with Crippen LogP contribution in [0.15, 0.2) is 84.0 Å². The average Bonchev–Trinajstić information content (AvgIpc) is 2.67. The van der Waals surface area contributed by atoms with Gasteiger partial charge in [0.1, 0.15) is 0 Å². The van der Waals surface area contributed by atoms with Gasteiger partial charge in [0.15, 0.2) is 0 Å². The molecule has 0 atom stereocenters. The molecule has 2 amide bonds. The van der Waals surface area contributed by atoms with Crippen LogP contribution in [0.4, 0.5) is 10.5 Å². The summed E-state index contributed by atoms with van der Waals surface area (Å²) in [6, 6.07) is 25.1. The smallest absolute Gasteiger partial charge is 0.306 e. The molecule has 0 heterocycles. The number of benzene rings is 3. The third kappa shape index (κ3) is 4.16. The van der Waals surface area contributed by atoms with Crippen molar-refractivity contribution in [1.29, 1.82) is 0 Å². The Labute approximate surface area is 153 Å². The lowest BCUT2D eigenvalue weighted by Crippen LogP contribution is -2.26. The second-order valence-electron chi connectivity index (χ2n) is 6.03. The van der Waals surface area contributed by atoms with Crippen LogP contribution >= 0.6 is 0 Å². The first-order valence-electron chi connectivity index (χ1n) is 8.47. The molecule has 0 unspecified atom stereocenters. The number of amides is 2. The van der Waals surface area contributed by atoms with E-state index in [1.54, 1.807) is 0 Å². The topological polar surface area (TPSA) is 53.5 Å². The van der Waals surface area contributed by atoms with Crippen LogP contribution < -0.4 is 10.7 Å². The summed E-state index contributed by atoms with van der Waals surface area (Å²) in [4.78, 5) is 12.4. The highest BCUT2D eigenvalue weighted by Gasteiger charge is 2.09. The van der Waals surface area contributed by atoms with Gasteiger partial charge in [0, 0.05) is 16.8 Å². The van der Waals surface area contributed by atoms with Crippen LogP contribution in [0.3, 0.4) is 0 Å². The number of nitrogens with zero attached hydrogens (tertiary/aromatic N) is 1. The van der Waals surface area contributed by atoms with Gasteiger partial charge in [0.2, 0.25) is 0 Å². The van der Waals surface area contributed by atoms with Gasteiger partial charge in [-0.3, -0.25) is 0 Å². The molecule has 4 nitrogen and oxygen atoms in total. The summed E-state index contributed by atoms with van der Waals surface area (Å²) in [7, 11) is 0. The van der Waals surface area contributed by atoms with E-state index < -0.39 is 0 Å². The summed E-state index contributed by atoms with van der Waals surface area (Å²) in [5, 5.41) is 7.25. The zero-order chi connectivity index (χ0) is 18.4. The maximum absolute atomic E-state index is 12.4. The monoisotopic (exact) mass is 343 g/mol. The number of urea groups is 1. The highest BCUT2D eigenvalue weighted by atomic mass is 16.2. The highest BCUT2D eigenvalue weighted by molar-refractivity contribution is 6.13. The molecule has 0 saturated heterocycles. The normalized spacial score (nSPS) is 10.1. The van der Waals surface area contributed by atoms with Crippen LogP contribution in [0.2, 0.25) is 0 Å². The molecule has 0 aliphatic heterocycles. The van der Waals surface area contributed by atoms with Crippen molar-refractivity contribution in [3.8, 4) is 0 Å². The van der Waals surface area contributed by atoms with Gasteiger partial charge in [0.25, 0.3) is 0 Å². The first kappa shape index (κ1) is 17.4. The van der Waals surface area contributed by atoms with E-state index in [2.05, 4.69) is 15.8 Å². The number of hydrogen-bond acceptors (Lipinski definition) is 2. The van der Waals surface area contributed by atoms with E-state index in [0.29, 0.717) is 5.71 Å². The lowest BCUT2D eigenvalue weighted by molar-refractivity contribution is 0.252. The molecule has 0 aliphatic rings. The molecule has 130 valence electrons. The van der Waals surface area contributed by atoms with Crippen molar-refractivity contribution in [3.63, 3.8) is 0 Å². The zero-order valence-corrected chi connectivity index (χ0v) is 14.9. The molecular weight excluding hydrogens is 322 g/mol. The SMILES string of the molecule is Cc1cccc(C)c1NC(=O)NN=C(c1ccccc1)c1ccccc1. The average molecular weight is 343 g/mol. The van der Waals surface area contributed by atoms with Gasteiger partial charge < -0.3 is 5.32 Å². The maximum atomic E-state index is 12.4. The Kier molecular flexibility index (Phi) is 5.44. The van der Waals surface area contributed by atoms with Crippen LogP contribution in [0.25, 0.3) is 0 Å². The largest absolute Gasteiger partial charge is 0.339 e. The minimum Gasteiger partial charge on any atom is -0.306 e. The minimum atomic E-state index is -0.369. The van der Waals surface area contributed by atoms with Crippen molar-refractivity contribution in [2.24, 2.45) is 5.10 Å². The predicted molar refractivity (Wildman–Crippen MR) is 107 cm³/mol. The second kappa shape index (κ2) is 8.12. The number of hydrogen-bond donors (Lipinski definition) is 2. The van der Waals surface area contributed by atoms with E-state index in [1.807, 2.05) is 92.7 Å². The number of anilines is 1. The van der Waals surface area contributed by atoms with Crippen LogP contribution in [0, 0.1) is 13.8 Å². The van der Waals surface area contributed by atoms with Gasteiger partial charge in [-0.2, -0.15) is 5.10 Å². The maximum Gasteiger partial charge on any atom is 0.339 e. The van der Waals surface area contributed by atoms with Gasteiger partial charge in [-0.1, -0.05) is 78.9 Å². The van der Waals surface area contributed by atoms with Crippen molar-refractivity contribution >= 4 is 17.4 Å². The molecule has 0 aromatic heterocycles. The van der Waals surface area contributed by atoms with Crippen LogP contribution in [-0.2, 0) is 0 Å². The first-order chi connectivity index (χ1) is 12.6. The number of rotatable bonds is 4. The Morgan fingerprint density at radius 3 is 1.73 bits per heavy atom. The van der Waals surface area contributed by atoms with E-state index in [1.165, 1.54) is 0 Å². The molecule has 3 aromatic rings. The van der Waals surface area contributed by atoms with Crippen molar-refractivity contribution in [1.82, 2.24) is 5.43 Å². The number of aryl methyl sites for hydroxylation is 2. The summed E-state index contributed by atoms with van der Waals surface area (Å²) in [6.07, 6.45) is 0. The molecule has 0 fully saturated rings. The molecule has 2 N–H and O–H groups in total. The van der Waals surface area contributed by atoms with Gasteiger partial charge in [-0.15, -0.1) is 0 Å². The summed E-state index contributed by atoms with van der Waals surface area (Å²) < 4.78 is 0. The quantitative estimate of drug-likeness (QED) is 0.515. The van der Waals surface area contributed by atoms with E-state index in [-0.39, 0.29) is 6.03 Å². The number of carbonyl (C=O) groups excluding carboxylic acids is 1. The fraction of sp³-hybridized carbons (Fsp3) is 0.0909. The number of nitrogens with one attached hydrogen (secondary N) is 2. The predicted octanol–water partition coefficient (Wildman–Crippen LogP) is 4.88. The minimum absolute atomic E-state index is 0.369. The molecule has 0 aliphatic carbocycles. The van der Waals surface area contributed by atoms with Crippen LogP contribution in [0.5, 0.6) is 0 Å². The Hall–Kier alpha value is -3.40. The fourth-order valence-electron chi connectivity index (χ4n) is 2.75. The third-order valence-corrected chi connectivity index (χ3v) is 4.08. The number of hydrazone groups is 1. The van der Waals surface area contributed by atoms with E-state index >= 15 is 0 Å². The molecule has 0 bridgehead atoms. The lowest BCUT2D eigenvalue weighted by Gasteiger charge is -2.12. The number of carbonyl (C=O) groups is 1. The van der Waals surface area contributed by atoms with Gasteiger partial charge in [-0.25, -0.2) is 10.2 Å². The molecule has 0 spiro atoms. The highest BCUT2D eigenvalue weighted by Crippen LogP contribution is 2.19. The van der Waals surface area contributed by atoms with Crippen molar-refractivity contribution in [2.75, 3.05) is 5.32 Å². The Bertz CT molecular complexity index is 857. The molecule has 0 radical (unpaired) electrons. The fourth-order valence-corrected chi connectivity index (χ4v) is 2.75. The van der Waals surface area contributed by atoms with Gasteiger partial charge >= 0.3 is 6.03 Å². The van der Waals surface area contributed by atoms with Crippen LogP contribution in [-0.4, -0.2) is 11.7 Å². The number of para-hydroxylation sites is 1. The Morgan fingerprint density at radius 2 is 1.23 bits per heavy atom. The Morgan fingerprint density at radius 1 is 0.731 bits per heavy atom. The van der Waals surface area contributed by atoms with E-state index in [4.69, 9.17) is 0 Å². The van der Waals surface area contributed by atoms with Crippen molar-refractivity contribution in [3.05, 3.63) is 101 Å². The molecule has 4 heteroatoms. The second-order valence-corrected chi connectivity index (χ2v) is 6.03. The van der Waals surface area contributed by atoms with Gasteiger partial charge in [0.05, 0.1) is 5.71 Å². The summed E-state index contributed by atoms with van der Waals surface area (Å²) >= 11 is 0. The Balaban J connectivity index is 1.84. The van der Waals surface area contributed by atoms with Crippen LogP contribution in [0.1, 0.15) is 22.3 Å². The third-order valence-electron chi connectivity index (χ3n) is 4.08. The van der Waals surface area contributed by atoms with E-state index in [0.717, 1.165) is 27.9 Å². The molecule has 3 rings (SSSR count). The molecule has 0 saturated carbocycles. The first-order valence-corrected chi connectivity index (χ1v) is 8.47. The standard InChI is InChI=1S/C22H21N3O/c1-16-10-9-11-17(2)20(16)23-22(26)25-24-21(18-12-5-3-6-13-18)19-14-7-4-8-15-19/h3-15H,1-2H3,(H2,23,25,26). The molecule has 3 aromatic carbocycles. The van der Waals surface area contributed by atoms with Gasteiger partial charge in [-0.05, 0) is 25.0 Å². The van der Waals surface area contributed by atoms with Crippen molar-refractivity contribution in [2.45, 2.75) is 13.8 Å². The van der Waals surface area contributed by atoms with Crippen molar-refractivity contribution < 1.29 is 4.79 Å².